The van der Waals surface area contributed by atoms with E-state index in [1.807, 2.05) is 19.9 Å². The van der Waals surface area contributed by atoms with Crippen molar-refractivity contribution in [3.8, 4) is 11.4 Å². The molecule has 6 aromatic rings. The fourth-order valence-corrected chi connectivity index (χ4v) is 7.14. The van der Waals surface area contributed by atoms with Crippen molar-refractivity contribution < 1.29 is 0 Å². The Hall–Kier alpha value is -5.58. The zero-order chi connectivity index (χ0) is 35.2. The van der Waals surface area contributed by atoms with Crippen LogP contribution in [0, 0.1) is 13.8 Å². The van der Waals surface area contributed by atoms with Crippen LogP contribution in [0.25, 0.3) is 46.2 Å². The van der Waals surface area contributed by atoms with Gasteiger partial charge in [-0.05, 0) is 92.9 Å². The highest BCUT2D eigenvalue weighted by atomic mass is 15.2. The van der Waals surface area contributed by atoms with E-state index < -0.39 is 0 Å². The van der Waals surface area contributed by atoms with Crippen molar-refractivity contribution in [1.29, 1.82) is 0 Å². The van der Waals surface area contributed by atoms with E-state index in [9.17, 15) is 0 Å². The lowest BCUT2D eigenvalue weighted by atomic mass is 9.98. The second-order valence-corrected chi connectivity index (χ2v) is 12.4. The smallest absolute Gasteiger partial charge is 0.104 e. The van der Waals surface area contributed by atoms with Crippen LogP contribution >= 0.6 is 0 Å². The molecule has 2 unspecified atom stereocenters. The lowest BCUT2D eigenvalue weighted by molar-refractivity contribution is 0.442. The first-order chi connectivity index (χ1) is 24.5. The molecule has 0 bridgehead atoms. The molecule has 252 valence electrons. The Labute approximate surface area is 297 Å². The van der Waals surface area contributed by atoms with E-state index in [2.05, 4.69) is 194 Å². The van der Waals surface area contributed by atoms with Crippen LogP contribution in [0.5, 0.6) is 0 Å². The summed E-state index contributed by atoms with van der Waals surface area (Å²) in [5.74, 6) is 0. The largest absolute Gasteiger partial charge is 0.366 e. The third-order valence-electron chi connectivity index (χ3n) is 9.23. The summed E-state index contributed by atoms with van der Waals surface area (Å²) < 4.78 is 4.73. The van der Waals surface area contributed by atoms with Gasteiger partial charge in [0.25, 0.3) is 0 Å². The number of nitrogens with zero attached hydrogens (tertiary/aromatic N) is 2. The lowest BCUT2D eigenvalue weighted by Gasteiger charge is -2.33. The molecule has 50 heavy (non-hydrogen) atoms. The molecule has 3 heterocycles. The Bertz CT molecular complexity index is 2190. The van der Waals surface area contributed by atoms with Crippen LogP contribution in [0.4, 0.5) is 0 Å². The van der Waals surface area contributed by atoms with E-state index in [0.29, 0.717) is 0 Å². The van der Waals surface area contributed by atoms with Gasteiger partial charge in [0.1, 0.15) is 6.17 Å². The number of aromatic nitrogens is 2. The third-order valence-corrected chi connectivity index (χ3v) is 9.23. The van der Waals surface area contributed by atoms with Gasteiger partial charge in [-0.25, -0.2) is 0 Å². The highest BCUT2D eigenvalue weighted by Crippen LogP contribution is 2.36. The molecule has 1 aliphatic heterocycles. The van der Waals surface area contributed by atoms with E-state index in [4.69, 9.17) is 0 Å². The average Bonchev–Trinajstić information content (AvgIpc) is 3.64. The first-order valence-corrected chi connectivity index (χ1v) is 17.7. The zero-order valence-electron chi connectivity index (χ0n) is 30.1. The Morgan fingerprint density at radius 3 is 1.96 bits per heavy atom. The van der Waals surface area contributed by atoms with Crippen molar-refractivity contribution in [3.63, 3.8) is 0 Å². The standard InChI is InChI=1S/C44H42N4.C2H6/c1-6-17-37-38-23-15-16-24-43(38)48(41(37)8-3)36-27-34(26-35(28-36)47-31(5)25-30(4)42(47)18-7-2)40-29-39(32-19-11-9-12-20-32)45-44(46-40)33-21-13-10-14-22-33;1-2/h6-29,39,44-46H,3H2,1-2,4-5H3;1-2H3/b17-6-,18-7-;. The van der Waals surface area contributed by atoms with Gasteiger partial charge in [-0.1, -0.05) is 118 Å². The van der Waals surface area contributed by atoms with E-state index in [0.717, 1.165) is 33.8 Å². The summed E-state index contributed by atoms with van der Waals surface area (Å²) in [5, 5.41) is 8.93. The molecule has 2 atom stereocenters. The normalized spacial score (nSPS) is 15.9. The van der Waals surface area contributed by atoms with Crippen LogP contribution in [0.3, 0.4) is 0 Å². The maximum Gasteiger partial charge on any atom is 0.104 e. The molecule has 0 saturated carbocycles. The molecule has 0 saturated heterocycles. The average molecular weight is 657 g/mol. The minimum Gasteiger partial charge on any atom is -0.366 e. The number of nitrogens with one attached hydrogen (secondary N) is 2. The van der Waals surface area contributed by atoms with Crippen molar-refractivity contribution in [2.45, 2.75) is 53.8 Å². The summed E-state index contributed by atoms with van der Waals surface area (Å²) in [5.41, 5.74) is 13.8. The Kier molecular flexibility index (Phi) is 10.5. The van der Waals surface area contributed by atoms with E-state index in [1.165, 1.54) is 39.0 Å². The summed E-state index contributed by atoms with van der Waals surface area (Å²) in [4.78, 5) is 0. The Balaban J connectivity index is 0.00000212. The first-order valence-electron chi connectivity index (χ1n) is 17.7. The van der Waals surface area contributed by atoms with Gasteiger partial charge >= 0.3 is 0 Å². The number of fused-ring (bicyclic) bond motifs is 1. The Morgan fingerprint density at radius 1 is 0.680 bits per heavy atom. The number of hydrogen-bond donors (Lipinski definition) is 2. The van der Waals surface area contributed by atoms with Crippen LogP contribution in [0.2, 0.25) is 0 Å². The van der Waals surface area contributed by atoms with E-state index >= 15 is 0 Å². The van der Waals surface area contributed by atoms with Gasteiger partial charge in [-0.2, -0.15) is 0 Å². The van der Waals surface area contributed by atoms with Gasteiger partial charge in [-0.3, -0.25) is 5.32 Å². The van der Waals surface area contributed by atoms with Crippen LogP contribution in [0.1, 0.15) is 84.8 Å². The number of aryl methyl sites for hydroxylation is 2. The number of rotatable bonds is 8. The van der Waals surface area contributed by atoms with Gasteiger partial charge in [0.2, 0.25) is 0 Å². The predicted molar refractivity (Wildman–Crippen MR) is 216 cm³/mol. The maximum atomic E-state index is 4.29. The second kappa shape index (κ2) is 15.3. The van der Waals surface area contributed by atoms with Gasteiger partial charge in [0, 0.05) is 45.0 Å². The molecule has 0 radical (unpaired) electrons. The topological polar surface area (TPSA) is 33.9 Å². The summed E-state index contributed by atoms with van der Waals surface area (Å²) in [6.07, 6.45) is 12.9. The van der Waals surface area contributed by atoms with Gasteiger partial charge in [0.05, 0.1) is 17.3 Å². The zero-order valence-corrected chi connectivity index (χ0v) is 30.1. The summed E-state index contributed by atoms with van der Waals surface area (Å²) in [6, 6.07) is 39.2. The minimum atomic E-state index is -0.0740. The fraction of sp³-hybridized carbons (Fsp3) is 0.174. The SMILES string of the molecule is C=Cc1c(/C=C\C)c2ccccc2n1-c1cc(C2=CC(c3ccccc3)NC(c3ccccc3)N2)cc(-n2c(C)cc(C)c2/C=C\C)c1.CC. The molecule has 4 aromatic carbocycles. The van der Waals surface area contributed by atoms with Crippen LogP contribution < -0.4 is 10.6 Å². The molecule has 2 N–H and O–H groups in total. The monoisotopic (exact) mass is 656 g/mol. The molecule has 0 amide bonds. The quantitative estimate of drug-likeness (QED) is 0.171. The van der Waals surface area contributed by atoms with Crippen molar-refractivity contribution in [1.82, 2.24) is 19.8 Å². The predicted octanol–water partition coefficient (Wildman–Crippen LogP) is 11.7. The van der Waals surface area contributed by atoms with E-state index in [1.54, 1.807) is 0 Å². The van der Waals surface area contributed by atoms with Crippen LogP contribution in [-0.4, -0.2) is 9.13 Å². The minimum absolute atomic E-state index is 0.0198. The molecule has 7 rings (SSSR count). The number of benzene rings is 4. The number of para-hydroxylation sites is 1. The summed E-state index contributed by atoms with van der Waals surface area (Å²) >= 11 is 0. The maximum absolute atomic E-state index is 4.29. The third kappa shape index (κ3) is 6.55. The van der Waals surface area contributed by atoms with Gasteiger partial charge < -0.3 is 14.5 Å². The van der Waals surface area contributed by atoms with Crippen LogP contribution in [-0.2, 0) is 0 Å². The molecule has 4 nitrogen and oxygen atoms in total. The molecule has 0 aliphatic carbocycles. The molecule has 0 fully saturated rings. The number of hydrogen-bond acceptors (Lipinski definition) is 2. The van der Waals surface area contributed by atoms with Crippen molar-refractivity contribution >= 4 is 34.8 Å². The molecule has 2 aromatic heterocycles. The molecular weight excluding hydrogens is 609 g/mol. The molecule has 1 aliphatic rings. The van der Waals surface area contributed by atoms with E-state index in [-0.39, 0.29) is 12.2 Å². The van der Waals surface area contributed by atoms with Crippen molar-refractivity contribution in [2.75, 3.05) is 0 Å². The summed E-state index contributed by atoms with van der Waals surface area (Å²) in [6.45, 7) is 16.8. The Morgan fingerprint density at radius 2 is 1.30 bits per heavy atom. The molecule has 0 spiro atoms. The van der Waals surface area contributed by atoms with Crippen LogP contribution in [0.15, 0.2) is 134 Å². The number of allylic oxidation sites excluding steroid dienone is 2. The van der Waals surface area contributed by atoms with Gasteiger partial charge in [0.15, 0.2) is 0 Å². The fourth-order valence-electron chi connectivity index (χ4n) is 7.14. The summed E-state index contributed by atoms with van der Waals surface area (Å²) in [7, 11) is 0. The molecule has 4 heteroatoms. The van der Waals surface area contributed by atoms with Crippen molar-refractivity contribution in [2.24, 2.45) is 0 Å². The first kappa shape index (κ1) is 34.3. The van der Waals surface area contributed by atoms with Crippen molar-refractivity contribution in [3.05, 3.63) is 179 Å². The highest BCUT2D eigenvalue weighted by Gasteiger charge is 2.25. The van der Waals surface area contributed by atoms with Gasteiger partial charge in [-0.15, -0.1) is 0 Å². The molecular formula is C46H48N4. The second-order valence-electron chi connectivity index (χ2n) is 12.4. The lowest BCUT2D eigenvalue weighted by Crippen LogP contribution is -2.39. The highest BCUT2D eigenvalue weighted by molar-refractivity contribution is 5.95.